The van der Waals surface area contributed by atoms with E-state index in [2.05, 4.69) is 0 Å². The van der Waals surface area contributed by atoms with Crippen LogP contribution in [0.1, 0.15) is 31.7 Å². The predicted molar refractivity (Wildman–Crippen MR) is 69.0 cm³/mol. The van der Waals surface area contributed by atoms with Gasteiger partial charge in [0.05, 0.1) is 0 Å². The Bertz CT molecular complexity index is 432. The number of hydrogen-bond donors (Lipinski definition) is 3. The van der Waals surface area contributed by atoms with Gasteiger partial charge in [-0.1, -0.05) is 25.5 Å². The first-order valence-electron chi connectivity index (χ1n) is 5.88. The van der Waals surface area contributed by atoms with Gasteiger partial charge < -0.3 is 15.6 Å². The lowest BCUT2D eigenvalue weighted by Gasteiger charge is -2.15. The molecule has 1 atom stereocenters. The van der Waals surface area contributed by atoms with Crippen molar-refractivity contribution in [3.63, 3.8) is 0 Å². The zero-order valence-corrected chi connectivity index (χ0v) is 10.3. The molecule has 0 amide bonds. The maximum atomic E-state index is 11.0. The first-order chi connectivity index (χ1) is 8.54. The molecule has 98 valence electrons. The van der Waals surface area contributed by atoms with Gasteiger partial charge in [-0.15, -0.1) is 0 Å². The molecule has 5 nitrogen and oxygen atoms in total. The number of nitrogens with two attached hydrogens (primary N) is 1. The third-order valence-corrected chi connectivity index (χ3v) is 2.52. The second-order valence-electron chi connectivity index (χ2n) is 4.03. The fourth-order valence-electron chi connectivity index (χ4n) is 1.52. The average molecular weight is 250 g/mol. The van der Waals surface area contributed by atoms with Crippen molar-refractivity contribution in [2.75, 3.05) is 0 Å². The molecule has 0 aliphatic carbocycles. The van der Waals surface area contributed by atoms with Crippen LogP contribution in [0.3, 0.4) is 0 Å². The normalized spacial score (nSPS) is 11.8. The van der Waals surface area contributed by atoms with E-state index in [1.807, 2.05) is 6.92 Å². The van der Waals surface area contributed by atoms with Crippen LogP contribution in [0.2, 0.25) is 0 Å². The number of rotatable bonds is 7. The van der Waals surface area contributed by atoms with E-state index >= 15 is 0 Å². The number of nitrogen functional groups attached to an aromatic ring is 1. The quantitative estimate of drug-likeness (QED) is 0.509. The van der Waals surface area contributed by atoms with Gasteiger partial charge in [0, 0.05) is 5.56 Å². The highest BCUT2D eigenvalue weighted by Gasteiger charge is 2.18. The van der Waals surface area contributed by atoms with Gasteiger partial charge in [0.2, 0.25) is 0 Å². The Kier molecular flexibility index (Phi) is 5.17. The highest BCUT2D eigenvalue weighted by atomic mass is 16.5. The fourth-order valence-corrected chi connectivity index (χ4v) is 1.52. The summed E-state index contributed by atoms with van der Waals surface area (Å²) in [5.74, 6) is -0.622. The minimum atomic E-state index is -0.975. The van der Waals surface area contributed by atoms with Crippen LogP contribution in [-0.4, -0.2) is 23.0 Å². The van der Waals surface area contributed by atoms with Crippen molar-refractivity contribution in [3.05, 3.63) is 29.8 Å². The Hall–Kier alpha value is -2.04. The highest BCUT2D eigenvalue weighted by Crippen LogP contribution is 2.17. The molecule has 1 rings (SSSR count). The summed E-state index contributed by atoms with van der Waals surface area (Å²) in [6.07, 6.45) is 1.33. The third kappa shape index (κ3) is 4.08. The number of carboxylic acid groups (broad SMARTS) is 1. The van der Waals surface area contributed by atoms with Gasteiger partial charge in [0.1, 0.15) is 11.6 Å². The lowest BCUT2D eigenvalue weighted by atomic mass is 10.1. The first-order valence-corrected chi connectivity index (χ1v) is 5.88. The van der Waals surface area contributed by atoms with Gasteiger partial charge in [-0.25, -0.2) is 4.79 Å². The standard InChI is InChI=1S/C13H18N2O3/c1-2-3-7-11(13(16)17)18-10-6-4-5-9(8-10)12(14)15/h4-6,8,11H,2-3,7H2,1H3,(H3,14,15)(H,16,17). The van der Waals surface area contributed by atoms with E-state index in [1.54, 1.807) is 24.3 Å². The van der Waals surface area contributed by atoms with Crippen LogP contribution in [0.4, 0.5) is 0 Å². The van der Waals surface area contributed by atoms with Crippen LogP contribution in [0.5, 0.6) is 5.75 Å². The van der Waals surface area contributed by atoms with Crippen molar-refractivity contribution in [2.45, 2.75) is 32.3 Å². The number of amidine groups is 1. The Morgan fingerprint density at radius 1 is 1.56 bits per heavy atom. The van der Waals surface area contributed by atoms with Gasteiger partial charge in [-0.3, -0.25) is 5.41 Å². The number of carbonyl (C=O) groups is 1. The van der Waals surface area contributed by atoms with Crippen LogP contribution < -0.4 is 10.5 Å². The smallest absolute Gasteiger partial charge is 0.344 e. The zero-order valence-electron chi connectivity index (χ0n) is 10.3. The summed E-state index contributed by atoms with van der Waals surface area (Å²) in [6.45, 7) is 2.00. The van der Waals surface area contributed by atoms with E-state index < -0.39 is 12.1 Å². The minimum absolute atomic E-state index is 0.0686. The summed E-state index contributed by atoms with van der Waals surface area (Å²) in [6, 6.07) is 6.60. The lowest BCUT2D eigenvalue weighted by Crippen LogP contribution is -2.27. The van der Waals surface area contributed by atoms with E-state index in [9.17, 15) is 4.79 Å². The number of carboxylic acids is 1. The summed E-state index contributed by atoms with van der Waals surface area (Å²) in [4.78, 5) is 11.0. The third-order valence-electron chi connectivity index (χ3n) is 2.52. The van der Waals surface area contributed by atoms with Crippen molar-refractivity contribution in [3.8, 4) is 5.75 Å². The summed E-state index contributed by atoms with van der Waals surface area (Å²) >= 11 is 0. The SMILES string of the molecule is CCCCC(Oc1cccc(C(=N)N)c1)C(=O)O. The number of aliphatic carboxylic acids is 1. The predicted octanol–water partition coefficient (Wildman–Crippen LogP) is 1.99. The topological polar surface area (TPSA) is 96.4 Å². The van der Waals surface area contributed by atoms with E-state index in [-0.39, 0.29) is 5.84 Å². The van der Waals surface area contributed by atoms with Crippen LogP contribution in [0.25, 0.3) is 0 Å². The summed E-state index contributed by atoms with van der Waals surface area (Å²) < 4.78 is 5.42. The maximum Gasteiger partial charge on any atom is 0.344 e. The molecule has 0 spiro atoms. The zero-order chi connectivity index (χ0) is 13.5. The molecule has 18 heavy (non-hydrogen) atoms. The number of unbranched alkanes of at least 4 members (excludes halogenated alkanes) is 1. The second-order valence-corrected chi connectivity index (χ2v) is 4.03. The molecule has 0 aliphatic heterocycles. The highest BCUT2D eigenvalue weighted by molar-refractivity contribution is 5.95. The number of hydrogen-bond acceptors (Lipinski definition) is 3. The van der Waals surface area contributed by atoms with Crippen LogP contribution in [-0.2, 0) is 4.79 Å². The molecule has 0 aromatic heterocycles. The molecule has 0 aliphatic rings. The van der Waals surface area contributed by atoms with Gasteiger partial charge in [0.25, 0.3) is 0 Å². The Labute approximate surface area is 106 Å². The Balaban J connectivity index is 2.77. The molecule has 4 N–H and O–H groups in total. The molecule has 5 heteroatoms. The Morgan fingerprint density at radius 2 is 2.28 bits per heavy atom. The first kappa shape index (κ1) is 14.0. The van der Waals surface area contributed by atoms with E-state index in [1.165, 1.54) is 0 Å². The molecular formula is C13H18N2O3. The van der Waals surface area contributed by atoms with Crippen molar-refractivity contribution < 1.29 is 14.6 Å². The van der Waals surface area contributed by atoms with Crippen LogP contribution >= 0.6 is 0 Å². The molecule has 1 unspecified atom stereocenters. The largest absolute Gasteiger partial charge is 0.479 e. The van der Waals surface area contributed by atoms with E-state index in [0.717, 1.165) is 12.8 Å². The van der Waals surface area contributed by atoms with Crippen LogP contribution in [0, 0.1) is 5.41 Å². The van der Waals surface area contributed by atoms with Crippen molar-refractivity contribution >= 4 is 11.8 Å². The van der Waals surface area contributed by atoms with E-state index in [0.29, 0.717) is 17.7 Å². The minimum Gasteiger partial charge on any atom is -0.479 e. The lowest BCUT2D eigenvalue weighted by molar-refractivity contribution is -0.145. The van der Waals surface area contributed by atoms with Gasteiger partial charge in [-0.05, 0) is 25.0 Å². The maximum absolute atomic E-state index is 11.0. The fraction of sp³-hybridized carbons (Fsp3) is 0.385. The molecule has 0 saturated heterocycles. The van der Waals surface area contributed by atoms with Gasteiger partial charge in [-0.2, -0.15) is 0 Å². The molecule has 1 aromatic carbocycles. The Morgan fingerprint density at radius 3 is 2.83 bits per heavy atom. The molecule has 0 radical (unpaired) electrons. The van der Waals surface area contributed by atoms with Crippen molar-refractivity contribution in [2.24, 2.45) is 5.73 Å². The van der Waals surface area contributed by atoms with Crippen molar-refractivity contribution in [1.29, 1.82) is 5.41 Å². The van der Waals surface area contributed by atoms with Gasteiger partial charge >= 0.3 is 5.97 Å². The van der Waals surface area contributed by atoms with Crippen molar-refractivity contribution in [1.82, 2.24) is 0 Å². The number of nitrogens with one attached hydrogen (secondary N) is 1. The molecule has 0 saturated carbocycles. The summed E-state index contributed by atoms with van der Waals surface area (Å²) in [7, 11) is 0. The number of benzene rings is 1. The van der Waals surface area contributed by atoms with Gasteiger partial charge in [0.15, 0.2) is 6.10 Å². The molecule has 0 bridgehead atoms. The van der Waals surface area contributed by atoms with Crippen LogP contribution in [0.15, 0.2) is 24.3 Å². The monoisotopic (exact) mass is 250 g/mol. The molecule has 1 aromatic rings. The molecular weight excluding hydrogens is 232 g/mol. The second kappa shape index (κ2) is 6.64. The molecule has 0 fully saturated rings. The summed E-state index contributed by atoms with van der Waals surface area (Å²) in [5.41, 5.74) is 5.89. The number of ether oxygens (including phenoxy) is 1. The molecule has 0 heterocycles. The van der Waals surface area contributed by atoms with E-state index in [4.69, 9.17) is 21.0 Å². The summed E-state index contributed by atoms with van der Waals surface area (Å²) in [5, 5.41) is 16.4. The average Bonchev–Trinajstić information content (AvgIpc) is 2.34.